The number of aryl methyl sites for hydroxylation is 1. The van der Waals surface area contributed by atoms with E-state index in [1.807, 2.05) is 17.9 Å². The number of nitrogens with two attached hydrogens (primary N) is 1. The second-order valence-corrected chi connectivity index (χ2v) is 4.32. The van der Waals surface area contributed by atoms with E-state index in [9.17, 15) is 0 Å². The van der Waals surface area contributed by atoms with E-state index in [-0.39, 0.29) is 0 Å². The average molecular weight is 194 g/mol. The minimum atomic E-state index is 0.427. The van der Waals surface area contributed by atoms with Gasteiger partial charge in [-0.15, -0.1) is 0 Å². The standard InChI is InChI=1S/C10H18N4/c1-13(10-3-9(11)4-10)6-8-5-12-14(2)7-8/h5,7,9-10H,3-4,6,11H2,1-2H3. The molecule has 0 amide bonds. The van der Waals surface area contributed by atoms with Crippen molar-refractivity contribution in [3.63, 3.8) is 0 Å². The first kappa shape index (κ1) is 9.68. The zero-order valence-corrected chi connectivity index (χ0v) is 8.85. The normalized spacial score (nSPS) is 26.6. The van der Waals surface area contributed by atoms with Gasteiger partial charge in [-0.2, -0.15) is 5.10 Å². The van der Waals surface area contributed by atoms with Gasteiger partial charge < -0.3 is 5.73 Å². The van der Waals surface area contributed by atoms with Crippen LogP contribution < -0.4 is 5.73 Å². The van der Waals surface area contributed by atoms with E-state index < -0.39 is 0 Å². The highest BCUT2D eigenvalue weighted by atomic mass is 15.2. The molecule has 2 N–H and O–H groups in total. The Morgan fingerprint density at radius 3 is 2.86 bits per heavy atom. The minimum absolute atomic E-state index is 0.427. The van der Waals surface area contributed by atoms with E-state index in [1.165, 1.54) is 5.56 Å². The van der Waals surface area contributed by atoms with Crippen molar-refractivity contribution in [2.45, 2.75) is 31.5 Å². The minimum Gasteiger partial charge on any atom is -0.328 e. The molecule has 0 atom stereocenters. The first-order valence-corrected chi connectivity index (χ1v) is 5.08. The second kappa shape index (κ2) is 3.71. The molecule has 1 aromatic heterocycles. The molecule has 2 rings (SSSR count). The Hall–Kier alpha value is -0.870. The Morgan fingerprint density at radius 2 is 2.36 bits per heavy atom. The Labute approximate surface area is 84.7 Å². The van der Waals surface area contributed by atoms with Gasteiger partial charge in [0, 0.05) is 37.4 Å². The van der Waals surface area contributed by atoms with E-state index in [2.05, 4.69) is 23.2 Å². The third-order valence-electron chi connectivity index (χ3n) is 2.96. The topological polar surface area (TPSA) is 47.1 Å². The van der Waals surface area contributed by atoms with Crippen molar-refractivity contribution >= 4 is 0 Å². The van der Waals surface area contributed by atoms with Crippen LogP contribution in [-0.4, -0.2) is 33.8 Å². The van der Waals surface area contributed by atoms with Gasteiger partial charge in [0.25, 0.3) is 0 Å². The van der Waals surface area contributed by atoms with Crippen LogP contribution in [0.25, 0.3) is 0 Å². The number of aromatic nitrogens is 2. The summed E-state index contributed by atoms with van der Waals surface area (Å²) in [5.74, 6) is 0. The molecule has 4 heteroatoms. The van der Waals surface area contributed by atoms with Crippen LogP contribution in [0.1, 0.15) is 18.4 Å². The molecule has 0 aliphatic heterocycles. The van der Waals surface area contributed by atoms with Crippen LogP contribution in [0.3, 0.4) is 0 Å². The first-order chi connectivity index (χ1) is 6.65. The molecule has 1 aromatic rings. The van der Waals surface area contributed by atoms with Crippen molar-refractivity contribution in [1.82, 2.24) is 14.7 Å². The maximum atomic E-state index is 5.76. The molecule has 1 aliphatic carbocycles. The molecule has 1 aliphatic rings. The lowest BCUT2D eigenvalue weighted by molar-refractivity contribution is 0.132. The Kier molecular flexibility index (Phi) is 2.56. The lowest BCUT2D eigenvalue weighted by atomic mass is 9.86. The smallest absolute Gasteiger partial charge is 0.0534 e. The summed E-state index contributed by atoms with van der Waals surface area (Å²) in [6, 6.07) is 1.10. The number of hydrogen-bond acceptors (Lipinski definition) is 3. The van der Waals surface area contributed by atoms with E-state index in [0.717, 1.165) is 19.4 Å². The summed E-state index contributed by atoms with van der Waals surface area (Å²) in [7, 11) is 4.10. The highest BCUT2D eigenvalue weighted by molar-refractivity contribution is 5.04. The molecule has 0 spiro atoms. The van der Waals surface area contributed by atoms with Crippen molar-refractivity contribution in [2.75, 3.05) is 7.05 Å². The van der Waals surface area contributed by atoms with E-state index in [0.29, 0.717) is 12.1 Å². The highest BCUT2D eigenvalue weighted by Gasteiger charge is 2.29. The molecule has 14 heavy (non-hydrogen) atoms. The van der Waals surface area contributed by atoms with Crippen molar-refractivity contribution < 1.29 is 0 Å². The fourth-order valence-corrected chi connectivity index (χ4v) is 1.96. The fourth-order valence-electron chi connectivity index (χ4n) is 1.96. The number of nitrogens with zero attached hydrogens (tertiary/aromatic N) is 3. The monoisotopic (exact) mass is 194 g/mol. The van der Waals surface area contributed by atoms with Crippen LogP contribution in [0.5, 0.6) is 0 Å². The molecular formula is C10H18N4. The van der Waals surface area contributed by atoms with Crippen LogP contribution in [0.4, 0.5) is 0 Å². The van der Waals surface area contributed by atoms with Crippen LogP contribution in [0.15, 0.2) is 12.4 Å². The van der Waals surface area contributed by atoms with Gasteiger partial charge in [-0.05, 0) is 19.9 Å². The van der Waals surface area contributed by atoms with Crippen LogP contribution in [0.2, 0.25) is 0 Å². The van der Waals surface area contributed by atoms with Gasteiger partial charge in [-0.25, -0.2) is 0 Å². The summed E-state index contributed by atoms with van der Waals surface area (Å²) in [5.41, 5.74) is 7.03. The van der Waals surface area contributed by atoms with Gasteiger partial charge in [0.15, 0.2) is 0 Å². The zero-order chi connectivity index (χ0) is 10.1. The van der Waals surface area contributed by atoms with Gasteiger partial charge in [0.05, 0.1) is 6.20 Å². The molecule has 0 radical (unpaired) electrons. The molecule has 4 nitrogen and oxygen atoms in total. The molecular weight excluding hydrogens is 176 g/mol. The molecule has 78 valence electrons. The van der Waals surface area contributed by atoms with E-state index >= 15 is 0 Å². The predicted octanol–water partition coefficient (Wildman–Crippen LogP) is 0.342. The van der Waals surface area contributed by atoms with Crippen LogP contribution >= 0.6 is 0 Å². The van der Waals surface area contributed by atoms with Crippen molar-refractivity contribution in [1.29, 1.82) is 0 Å². The maximum absolute atomic E-state index is 5.76. The summed E-state index contributed by atoms with van der Waals surface area (Å²) in [5, 5.41) is 4.15. The summed E-state index contributed by atoms with van der Waals surface area (Å²) >= 11 is 0. The number of hydrogen-bond donors (Lipinski definition) is 1. The second-order valence-electron chi connectivity index (χ2n) is 4.32. The van der Waals surface area contributed by atoms with Gasteiger partial charge in [0.1, 0.15) is 0 Å². The average Bonchev–Trinajstić information content (AvgIpc) is 2.45. The van der Waals surface area contributed by atoms with E-state index in [4.69, 9.17) is 5.73 Å². The largest absolute Gasteiger partial charge is 0.328 e. The quantitative estimate of drug-likeness (QED) is 0.755. The van der Waals surface area contributed by atoms with Gasteiger partial charge in [-0.1, -0.05) is 0 Å². The van der Waals surface area contributed by atoms with Gasteiger partial charge in [-0.3, -0.25) is 9.58 Å². The lowest BCUT2D eigenvalue weighted by Crippen LogP contribution is -2.48. The third-order valence-corrected chi connectivity index (χ3v) is 2.96. The molecule has 0 bridgehead atoms. The molecule has 1 heterocycles. The Bertz CT molecular complexity index is 301. The summed E-state index contributed by atoms with van der Waals surface area (Å²) in [4.78, 5) is 2.36. The number of rotatable bonds is 3. The summed E-state index contributed by atoms with van der Waals surface area (Å²) < 4.78 is 1.84. The Morgan fingerprint density at radius 1 is 1.64 bits per heavy atom. The summed E-state index contributed by atoms with van der Waals surface area (Å²) in [6.45, 7) is 0.977. The molecule has 1 fully saturated rings. The molecule has 0 aromatic carbocycles. The zero-order valence-electron chi connectivity index (χ0n) is 8.85. The first-order valence-electron chi connectivity index (χ1n) is 5.08. The van der Waals surface area contributed by atoms with Gasteiger partial charge in [0.2, 0.25) is 0 Å². The van der Waals surface area contributed by atoms with Crippen LogP contribution in [-0.2, 0) is 13.6 Å². The Balaban J connectivity index is 1.85. The SMILES string of the molecule is CN(Cc1cnn(C)c1)C1CC(N)C1. The maximum Gasteiger partial charge on any atom is 0.0534 e. The fraction of sp³-hybridized carbons (Fsp3) is 0.700. The molecule has 0 saturated heterocycles. The third kappa shape index (κ3) is 1.96. The predicted molar refractivity (Wildman–Crippen MR) is 55.7 cm³/mol. The van der Waals surface area contributed by atoms with E-state index in [1.54, 1.807) is 0 Å². The molecule has 0 unspecified atom stereocenters. The van der Waals surface area contributed by atoms with Crippen LogP contribution in [0, 0.1) is 0 Å². The summed E-state index contributed by atoms with van der Waals surface area (Å²) in [6.07, 6.45) is 6.26. The molecule has 1 saturated carbocycles. The van der Waals surface area contributed by atoms with Crippen molar-refractivity contribution in [2.24, 2.45) is 12.8 Å². The van der Waals surface area contributed by atoms with Crippen molar-refractivity contribution in [3.8, 4) is 0 Å². The van der Waals surface area contributed by atoms with Crippen molar-refractivity contribution in [3.05, 3.63) is 18.0 Å². The van der Waals surface area contributed by atoms with Gasteiger partial charge >= 0.3 is 0 Å². The lowest BCUT2D eigenvalue weighted by Gasteiger charge is -2.39. The highest BCUT2D eigenvalue weighted by Crippen LogP contribution is 2.23.